The summed E-state index contributed by atoms with van der Waals surface area (Å²) in [6.07, 6.45) is 1.45. The summed E-state index contributed by atoms with van der Waals surface area (Å²) in [5, 5.41) is 6.00. The van der Waals surface area contributed by atoms with E-state index in [-0.39, 0.29) is 5.57 Å². The van der Waals surface area contributed by atoms with Gasteiger partial charge in [0.1, 0.15) is 11.3 Å². The molecule has 0 aliphatic carbocycles. The van der Waals surface area contributed by atoms with E-state index in [9.17, 15) is 14.4 Å². The molecule has 0 unspecified atom stereocenters. The van der Waals surface area contributed by atoms with Gasteiger partial charge in [-0.15, -0.1) is 0 Å². The smallest absolute Gasteiger partial charge is 0.328 e. The van der Waals surface area contributed by atoms with Gasteiger partial charge in [-0.05, 0) is 40.6 Å². The van der Waals surface area contributed by atoms with Crippen molar-refractivity contribution in [2.45, 2.75) is 0 Å². The first-order chi connectivity index (χ1) is 10.6. The van der Waals surface area contributed by atoms with Crippen molar-refractivity contribution >= 4 is 34.7 Å². The average molecular weight is 296 g/mol. The molecule has 4 amide bonds. The fourth-order valence-electron chi connectivity index (χ4n) is 2.23. The van der Waals surface area contributed by atoms with Gasteiger partial charge in [0.15, 0.2) is 0 Å². The molecular weight excluding hydrogens is 284 g/mol. The van der Waals surface area contributed by atoms with Crippen molar-refractivity contribution in [2.24, 2.45) is 0 Å². The van der Waals surface area contributed by atoms with E-state index in [0.29, 0.717) is 5.56 Å². The van der Waals surface area contributed by atoms with Gasteiger partial charge in [-0.1, -0.05) is 18.2 Å². The van der Waals surface area contributed by atoms with E-state index in [2.05, 4.69) is 0 Å². The monoisotopic (exact) mass is 296 g/mol. The Morgan fingerprint density at radius 1 is 0.909 bits per heavy atom. The summed E-state index contributed by atoms with van der Waals surface area (Å²) in [5.41, 5.74) is 0.583. The third-order valence-electron chi connectivity index (χ3n) is 3.33. The maximum absolute atomic E-state index is 11.7. The van der Waals surface area contributed by atoms with Crippen LogP contribution in [-0.4, -0.2) is 25.0 Å². The fraction of sp³-hybridized carbons (Fsp3) is 0.0625. The van der Waals surface area contributed by atoms with Crippen LogP contribution in [0.25, 0.3) is 16.8 Å². The Morgan fingerprint density at radius 2 is 1.55 bits per heavy atom. The van der Waals surface area contributed by atoms with Gasteiger partial charge in [0.25, 0.3) is 11.8 Å². The molecule has 1 aliphatic heterocycles. The van der Waals surface area contributed by atoms with Crippen molar-refractivity contribution in [3.63, 3.8) is 0 Å². The van der Waals surface area contributed by atoms with Gasteiger partial charge >= 0.3 is 6.03 Å². The van der Waals surface area contributed by atoms with Crippen LogP contribution in [0.4, 0.5) is 4.79 Å². The SMILES string of the molecule is COc1ccc2cc(C=C3C(=O)NC(=O)NC3=O)ccc2c1. The van der Waals surface area contributed by atoms with Crippen molar-refractivity contribution in [1.29, 1.82) is 0 Å². The second kappa shape index (κ2) is 5.33. The molecule has 110 valence electrons. The summed E-state index contributed by atoms with van der Waals surface area (Å²) in [4.78, 5) is 34.4. The van der Waals surface area contributed by atoms with Crippen molar-refractivity contribution in [2.75, 3.05) is 7.11 Å². The van der Waals surface area contributed by atoms with Crippen LogP contribution >= 0.6 is 0 Å². The molecule has 1 saturated heterocycles. The van der Waals surface area contributed by atoms with Crippen LogP contribution in [0.1, 0.15) is 5.56 Å². The summed E-state index contributed by atoms with van der Waals surface area (Å²) >= 11 is 0. The Balaban J connectivity index is 2.00. The number of benzene rings is 2. The number of urea groups is 1. The molecule has 0 bridgehead atoms. The lowest BCUT2D eigenvalue weighted by atomic mass is 10.0. The molecule has 22 heavy (non-hydrogen) atoms. The Labute approximate surface area is 125 Å². The lowest BCUT2D eigenvalue weighted by molar-refractivity contribution is -0.123. The quantitative estimate of drug-likeness (QED) is 0.651. The Kier molecular flexibility index (Phi) is 3.34. The topological polar surface area (TPSA) is 84.5 Å². The molecule has 6 nitrogen and oxygen atoms in total. The number of carbonyl (C=O) groups is 3. The van der Waals surface area contributed by atoms with E-state index in [1.165, 1.54) is 6.08 Å². The van der Waals surface area contributed by atoms with Crippen molar-refractivity contribution in [3.05, 3.63) is 47.5 Å². The van der Waals surface area contributed by atoms with Gasteiger partial charge in [0.2, 0.25) is 0 Å². The number of nitrogens with one attached hydrogen (secondary N) is 2. The number of carbonyl (C=O) groups excluding carboxylic acids is 3. The van der Waals surface area contributed by atoms with E-state index < -0.39 is 17.8 Å². The Bertz CT molecular complexity index is 817. The molecule has 1 heterocycles. The Hall–Kier alpha value is -3.15. The molecule has 0 saturated carbocycles. The number of barbiturate groups is 1. The normalized spacial score (nSPS) is 14.6. The minimum absolute atomic E-state index is 0.104. The van der Waals surface area contributed by atoms with Gasteiger partial charge in [-0.25, -0.2) is 4.79 Å². The van der Waals surface area contributed by atoms with Crippen LogP contribution < -0.4 is 15.4 Å². The maximum atomic E-state index is 11.7. The van der Waals surface area contributed by atoms with Crippen LogP contribution in [-0.2, 0) is 9.59 Å². The molecule has 6 heteroatoms. The molecule has 0 aromatic heterocycles. The zero-order valence-electron chi connectivity index (χ0n) is 11.7. The lowest BCUT2D eigenvalue weighted by Crippen LogP contribution is -2.51. The summed E-state index contributed by atoms with van der Waals surface area (Å²) in [7, 11) is 1.60. The largest absolute Gasteiger partial charge is 0.497 e. The molecule has 0 atom stereocenters. The average Bonchev–Trinajstić information content (AvgIpc) is 2.50. The first-order valence-electron chi connectivity index (χ1n) is 6.53. The Morgan fingerprint density at radius 3 is 2.23 bits per heavy atom. The van der Waals surface area contributed by atoms with E-state index in [1.807, 2.05) is 41.0 Å². The van der Waals surface area contributed by atoms with Gasteiger partial charge in [-0.3, -0.25) is 20.2 Å². The van der Waals surface area contributed by atoms with Crippen LogP contribution in [0.2, 0.25) is 0 Å². The molecule has 3 rings (SSSR count). The van der Waals surface area contributed by atoms with Crippen molar-refractivity contribution in [3.8, 4) is 5.75 Å². The second-order valence-electron chi connectivity index (χ2n) is 4.77. The van der Waals surface area contributed by atoms with E-state index in [1.54, 1.807) is 13.2 Å². The highest BCUT2D eigenvalue weighted by Gasteiger charge is 2.27. The van der Waals surface area contributed by atoms with E-state index in [0.717, 1.165) is 16.5 Å². The molecule has 2 aromatic rings. The van der Waals surface area contributed by atoms with Crippen molar-refractivity contribution in [1.82, 2.24) is 10.6 Å². The predicted molar refractivity (Wildman–Crippen MR) is 80.2 cm³/mol. The number of amides is 4. The zero-order chi connectivity index (χ0) is 15.7. The molecule has 0 radical (unpaired) electrons. The molecule has 0 spiro atoms. The lowest BCUT2D eigenvalue weighted by Gasteiger charge is -2.14. The van der Waals surface area contributed by atoms with Crippen LogP contribution in [0.5, 0.6) is 5.75 Å². The molecular formula is C16H12N2O4. The maximum Gasteiger partial charge on any atom is 0.328 e. The van der Waals surface area contributed by atoms with Gasteiger partial charge in [0, 0.05) is 0 Å². The van der Waals surface area contributed by atoms with Gasteiger partial charge in [-0.2, -0.15) is 0 Å². The van der Waals surface area contributed by atoms with E-state index >= 15 is 0 Å². The molecule has 2 N–H and O–H groups in total. The zero-order valence-corrected chi connectivity index (χ0v) is 11.7. The highest BCUT2D eigenvalue weighted by atomic mass is 16.5. The minimum Gasteiger partial charge on any atom is -0.497 e. The summed E-state index contributed by atoms with van der Waals surface area (Å²) < 4.78 is 5.16. The number of hydrogen-bond donors (Lipinski definition) is 2. The number of ether oxygens (including phenoxy) is 1. The molecule has 2 aromatic carbocycles. The predicted octanol–water partition coefficient (Wildman–Crippen LogP) is 1.60. The summed E-state index contributed by atoms with van der Waals surface area (Å²) in [6, 6.07) is 10.3. The standard InChI is InChI=1S/C16H12N2O4/c1-22-12-5-4-10-6-9(2-3-11(10)8-12)7-13-14(19)17-16(21)18-15(13)20/h2-8H,1H3,(H2,17,18,19,20,21). The third kappa shape index (κ3) is 2.54. The summed E-state index contributed by atoms with van der Waals surface area (Å²) in [5.74, 6) is -0.657. The van der Waals surface area contributed by atoms with Gasteiger partial charge < -0.3 is 4.74 Å². The second-order valence-corrected chi connectivity index (χ2v) is 4.77. The first kappa shape index (κ1) is 13.8. The van der Waals surface area contributed by atoms with Crippen LogP contribution in [0.15, 0.2) is 42.0 Å². The number of hydrogen-bond acceptors (Lipinski definition) is 4. The number of fused-ring (bicyclic) bond motifs is 1. The van der Waals surface area contributed by atoms with Crippen LogP contribution in [0.3, 0.4) is 0 Å². The number of methoxy groups -OCH3 is 1. The fourth-order valence-corrected chi connectivity index (χ4v) is 2.23. The molecule has 1 aliphatic rings. The third-order valence-corrected chi connectivity index (χ3v) is 3.33. The molecule has 1 fully saturated rings. The minimum atomic E-state index is -0.808. The van der Waals surface area contributed by atoms with Gasteiger partial charge in [0.05, 0.1) is 7.11 Å². The number of imide groups is 2. The van der Waals surface area contributed by atoms with Crippen molar-refractivity contribution < 1.29 is 19.1 Å². The highest BCUT2D eigenvalue weighted by molar-refractivity contribution is 6.31. The first-order valence-corrected chi connectivity index (χ1v) is 6.53. The van der Waals surface area contributed by atoms with Crippen LogP contribution in [0, 0.1) is 0 Å². The number of rotatable bonds is 2. The van der Waals surface area contributed by atoms with E-state index in [4.69, 9.17) is 4.74 Å². The highest BCUT2D eigenvalue weighted by Crippen LogP contribution is 2.23. The summed E-state index contributed by atoms with van der Waals surface area (Å²) in [6.45, 7) is 0.